The van der Waals surface area contributed by atoms with Crippen LogP contribution in [0.1, 0.15) is 22.6 Å². The third-order valence-electron chi connectivity index (χ3n) is 4.22. The summed E-state index contributed by atoms with van der Waals surface area (Å²) in [6.45, 7) is 0.207. The maximum Gasteiger partial charge on any atom is 0.238 e. The summed E-state index contributed by atoms with van der Waals surface area (Å²) in [4.78, 5) is 13.0. The molecule has 0 bridgehead atoms. The van der Waals surface area contributed by atoms with E-state index >= 15 is 0 Å². The Morgan fingerprint density at radius 1 is 0.852 bits per heavy atom. The summed E-state index contributed by atoms with van der Waals surface area (Å²) in [6.07, 6.45) is 0. The SMILES string of the molecule is NS(=O)(=O)c1cccc(CNC(=O)C(c2ccccc2)c2ccccc2)c1. The van der Waals surface area contributed by atoms with Crippen LogP contribution in [0.3, 0.4) is 0 Å². The number of rotatable bonds is 6. The van der Waals surface area contributed by atoms with Crippen LogP contribution in [0, 0.1) is 0 Å². The molecule has 0 heterocycles. The van der Waals surface area contributed by atoms with Crippen molar-refractivity contribution >= 4 is 15.9 Å². The van der Waals surface area contributed by atoms with Crippen molar-refractivity contribution in [2.75, 3.05) is 0 Å². The molecule has 0 aromatic heterocycles. The minimum absolute atomic E-state index is 0.0249. The fourth-order valence-corrected chi connectivity index (χ4v) is 3.49. The Labute approximate surface area is 158 Å². The van der Waals surface area contributed by atoms with E-state index in [-0.39, 0.29) is 17.3 Å². The number of hydrogen-bond acceptors (Lipinski definition) is 3. The van der Waals surface area contributed by atoms with Gasteiger partial charge in [-0.1, -0.05) is 72.8 Å². The van der Waals surface area contributed by atoms with Crippen LogP contribution >= 0.6 is 0 Å². The number of amides is 1. The van der Waals surface area contributed by atoms with Crippen LogP contribution in [0.2, 0.25) is 0 Å². The highest BCUT2D eigenvalue weighted by Crippen LogP contribution is 2.25. The Hall–Kier alpha value is -2.96. The molecule has 138 valence electrons. The molecule has 1 amide bonds. The van der Waals surface area contributed by atoms with Gasteiger partial charge >= 0.3 is 0 Å². The maximum absolute atomic E-state index is 12.9. The van der Waals surface area contributed by atoms with Gasteiger partial charge in [-0.3, -0.25) is 4.79 Å². The Morgan fingerprint density at radius 2 is 1.41 bits per heavy atom. The molecule has 0 unspecified atom stereocenters. The first-order valence-electron chi connectivity index (χ1n) is 8.44. The lowest BCUT2D eigenvalue weighted by atomic mass is 9.90. The quantitative estimate of drug-likeness (QED) is 0.689. The zero-order chi connectivity index (χ0) is 19.3. The summed E-state index contributed by atoms with van der Waals surface area (Å²) >= 11 is 0. The molecular weight excluding hydrogens is 360 g/mol. The average molecular weight is 380 g/mol. The van der Waals surface area contributed by atoms with Gasteiger partial charge in [0.15, 0.2) is 0 Å². The number of carbonyl (C=O) groups excluding carboxylic acids is 1. The van der Waals surface area contributed by atoms with Crippen molar-refractivity contribution < 1.29 is 13.2 Å². The van der Waals surface area contributed by atoms with Crippen molar-refractivity contribution in [3.05, 3.63) is 102 Å². The second kappa shape index (κ2) is 8.16. The third-order valence-corrected chi connectivity index (χ3v) is 5.13. The minimum atomic E-state index is -3.78. The maximum atomic E-state index is 12.9. The van der Waals surface area contributed by atoms with Crippen molar-refractivity contribution in [1.82, 2.24) is 5.32 Å². The third kappa shape index (κ3) is 4.81. The van der Waals surface area contributed by atoms with Gasteiger partial charge in [0.25, 0.3) is 0 Å². The predicted molar refractivity (Wildman–Crippen MR) is 104 cm³/mol. The number of carbonyl (C=O) groups is 1. The van der Waals surface area contributed by atoms with Crippen molar-refractivity contribution in [1.29, 1.82) is 0 Å². The van der Waals surface area contributed by atoms with E-state index in [4.69, 9.17) is 5.14 Å². The molecule has 0 fully saturated rings. The summed E-state index contributed by atoms with van der Waals surface area (Å²) in [6, 6.07) is 25.3. The Bertz CT molecular complexity index is 980. The van der Waals surface area contributed by atoms with E-state index in [1.165, 1.54) is 12.1 Å². The Kier molecular flexibility index (Phi) is 5.69. The molecule has 3 N–H and O–H groups in total. The molecule has 0 aliphatic carbocycles. The molecule has 3 aromatic carbocycles. The molecular formula is C21H20N2O3S. The van der Waals surface area contributed by atoms with Crippen LogP contribution < -0.4 is 10.5 Å². The van der Waals surface area contributed by atoms with Crippen LogP contribution in [0.5, 0.6) is 0 Å². The van der Waals surface area contributed by atoms with Crippen LogP contribution in [0.25, 0.3) is 0 Å². The summed E-state index contributed by atoms with van der Waals surface area (Å²) in [5.74, 6) is -0.609. The first-order valence-corrected chi connectivity index (χ1v) is 9.99. The highest BCUT2D eigenvalue weighted by atomic mass is 32.2. The van der Waals surface area contributed by atoms with Gasteiger partial charge in [-0.15, -0.1) is 0 Å². The number of hydrogen-bond donors (Lipinski definition) is 2. The van der Waals surface area contributed by atoms with E-state index in [0.29, 0.717) is 5.56 Å². The van der Waals surface area contributed by atoms with E-state index in [1.54, 1.807) is 12.1 Å². The summed E-state index contributed by atoms with van der Waals surface area (Å²) in [7, 11) is -3.78. The molecule has 0 atom stereocenters. The molecule has 3 rings (SSSR count). The zero-order valence-electron chi connectivity index (χ0n) is 14.6. The lowest BCUT2D eigenvalue weighted by Gasteiger charge is -2.18. The zero-order valence-corrected chi connectivity index (χ0v) is 15.4. The van der Waals surface area contributed by atoms with Crippen molar-refractivity contribution in [2.45, 2.75) is 17.4 Å². The van der Waals surface area contributed by atoms with Gasteiger partial charge in [-0.25, -0.2) is 13.6 Å². The molecule has 0 saturated carbocycles. The number of primary sulfonamides is 1. The summed E-state index contributed by atoms with van der Waals surface area (Å²) in [5, 5.41) is 8.07. The first kappa shape index (κ1) is 18.8. The van der Waals surface area contributed by atoms with E-state index in [0.717, 1.165) is 11.1 Å². The number of sulfonamides is 1. The molecule has 6 heteroatoms. The monoisotopic (exact) mass is 380 g/mol. The topological polar surface area (TPSA) is 89.3 Å². The molecule has 0 aliphatic rings. The molecule has 0 saturated heterocycles. The number of benzene rings is 3. The van der Waals surface area contributed by atoms with E-state index in [1.807, 2.05) is 60.7 Å². The van der Waals surface area contributed by atoms with Crippen LogP contribution in [-0.2, 0) is 21.4 Å². The van der Waals surface area contributed by atoms with Crippen molar-refractivity contribution in [2.24, 2.45) is 5.14 Å². The van der Waals surface area contributed by atoms with Crippen molar-refractivity contribution in [3.63, 3.8) is 0 Å². The van der Waals surface area contributed by atoms with E-state index in [9.17, 15) is 13.2 Å². The summed E-state index contributed by atoms with van der Waals surface area (Å²) in [5.41, 5.74) is 2.44. The number of nitrogens with two attached hydrogens (primary N) is 1. The van der Waals surface area contributed by atoms with Gasteiger partial charge in [0.05, 0.1) is 10.8 Å². The van der Waals surface area contributed by atoms with Gasteiger partial charge < -0.3 is 5.32 Å². The molecule has 0 spiro atoms. The lowest BCUT2D eigenvalue weighted by Crippen LogP contribution is -2.29. The van der Waals surface area contributed by atoms with Crippen LogP contribution in [0.4, 0.5) is 0 Å². The van der Waals surface area contributed by atoms with Crippen LogP contribution in [-0.4, -0.2) is 14.3 Å². The van der Waals surface area contributed by atoms with Gasteiger partial charge in [0.1, 0.15) is 0 Å². The predicted octanol–water partition coefficient (Wildman–Crippen LogP) is 2.78. The van der Waals surface area contributed by atoms with Crippen molar-refractivity contribution in [3.8, 4) is 0 Å². The molecule has 0 radical (unpaired) electrons. The first-order chi connectivity index (χ1) is 12.9. The van der Waals surface area contributed by atoms with E-state index < -0.39 is 15.9 Å². The van der Waals surface area contributed by atoms with Gasteiger partial charge in [-0.2, -0.15) is 0 Å². The molecule has 3 aromatic rings. The second-order valence-electron chi connectivity index (χ2n) is 6.16. The van der Waals surface area contributed by atoms with Crippen LogP contribution in [0.15, 0.2) is 89.8 Å². The Balaban J connectivity index is 1.82. The Morgan fingerprint density at radius 3 is 1.93 bits per heavy atom. The fraction of sp³-hybridized carbons (Fsp3) is 0.0952. The largest absolute Gasteiger partial charge is 0.351 e. The molecule has 5 nitrogen and oxygen atoms in total. The lowest BCUT2D eigenvalue weighted by molar-refractivity contribution is -0.121. The fourth-order valence-electron chi connectivity index (χ4n) is 2.91. The van der Waals surface area contributed by atoms with Gasteiger partial charge in [0.2, 0.25) is 15.9 Å². The van der Waals surface area contributed by atoms with Gasteiger partial charge in [0, 0.05) is 6.54 Å². The standard InChI is InChI=1S/C21H20N2O3S/c22-27(25,26)19-13-7-8-16(14-19)15-23-21(24)20(17-9-3-1-4-10-17)18-11-5-2-6-12-18/h1-14,20H,15H2,(H,23,24)(H2,22,25,26). The molecule has 0 aliphatic heterocycles. The average Bonchev–Trinajstić information content (AvgIpc) is 2.68. The van der Waals surface area contributed by atoms with Gasteiger partial charge in [-0.05, 0) is 28.8 Å². The normalized spacial score (nSPS) is 11.3. The van der Waals surface area contributed by atoms with E-state index in [2.05, 4.69) is 5.32 Å². The minimum Gasteiger partial charge on any atom is -0.351 e. The highest BCUT2D eigenvalue weighted by molar-refractivity contribution is 7.89. The smallest absolute Gasteiger partial charge is 0.238 e. The summed E-state index contributed by atoms with van der Waals surface area (Å²) < 4.78 is 23.0. The molecule has 27 heavy (non-hydrogen) atoms. The second-order valence-corrected chi connectivity index (χ2v) is 7.73. The number of nitrogens with one attached hydrogen (secondary N) is 1. The highest BCUT2D eigenvalue weighted by Gasteiger charge is 2.22.